The maximum absolute atomic E-state index is 13.0. The molecule has 29 heavy (non-hydrogen) atoms. The van der Waals surface area contributed by atoms with Crippen molar-refractivity contribution in [3.8, 4) is 5.75 Å². The highest BCUT2D eigenvalue weighted by molar-refractivity contribution is 6.01. The Kier molecular flexibility index (Phi) is 4.96. The Balaban J connectivity index is 1.42. The number of aromatic carboxylic acids is 1. The highest BCUT2D eigenvalue weighted by Crippen LogP contribution is 2.33. The summed E-state index contributed by atoms with van der Waals surface area (Å²) < 4.78 is 5.42. The number of rotatable bonds is 4. The lowest BCUT2D eigenvalue weighted by Gasteiger charge is -2.26. The van der Waals surface area contributed by atoms with E-state index in [9.17, 15) is 14.4 Å². The number of carboxylic acids is 1. The van der Waals surface area contributed by atoms with Crippen molar-refractivity contribution in [2.24, 2.45) is 5.92 Å². The van der Waals surface area contributed by atoms with Crippen molar-refractivity contribution >= 4 is 23.5 Å². The van der Waals surface area contributed by atoms with Gasteiger partial charge < -0.3 is 19.6 Å². The number of nitrogens with zero attached hydrogens (tertiary/aromatic N) is 2. The monoisotopic (exact) mass is 394 g/mol. The first-order valence-corrected chi connectivity index (χ1v) is 9.57. The molecule has 4 rings (SSSR count). The van der Waals surface area contributed by atoms with E-state index in [0.717, 1.165) is 18.4 Å². The Bertz CT molecular complexity index is 970. The zero-order valence-electron chi connectivity index (χ0n) is 16.1. The summed E-state index contributed by atoms with van der Waals surface area (Å²) in [6.45, 7) is 1.35. The largest absolute Gasteiger partial charge is 0.482 e. The third kappa shape index (κ3) is 3.81. The second kappa shape index (κ2) is 7.58. The summed E-state index contributed by atoms with van der Waals surface area (Å²) in [7, 11) is 1.68. The highest BCUT2D eigenvalue weighted by Gasteiger charge is 2.29. The normalized spacial score (nSPS) is 18.4. The third-order valence-electron chi connectivity index (χ3n) is 5.59. The van der Waals surface area contributed by atoms with Crippen molar-refractivity contribution in [3.05, 3.63) is 59.2 Å². The number of likely N-dealkylation sites (tertiary alicyclic amines) is 1. The molecule has 7 heteroatoms. The predicted octanol–water partition coefficient (Wildman–Crippen LogP) is 2.44. The van der Waals surface area contributed by atoms with Gasteiger partial charge in [0.05, 0.1) is 11.3 Å². The van der Waals surface area contributed by atoms with Crippen LogP contribution in [0.3, 0.4) is 0 Å². The Morgan fingerprint density at radius 1 is 1.14 bits per heavy atom. The van der Waals surface area contributed by atoms with Crippen molar-refractivity contribution in [1.29, 1.82) is 0 Å². The Labute approximate surface area is 168 Å². The Morgan fingerprint density at radius 3 is 2.59 bits per heavy atom. The molecule has 2 amide bonds. The van der Waals surface area contributed by atoms with Crippen LogP contribution in [0.2, 0.25) is 0 Å². The summed E-state index contributed by atoms with van der Waals surface area (Å²) in [6, 6.07) is 12.1. The van der Waals surface area contributed by atoms with Gasteiger partial charge in [0.25, 0.3) is 11.8 Å². The molecule has 0 bridgehead atoms. The summed E-state index contributed by atoms with van der Waals surface area (Å²) in [5.74, 6) is -0.190. The maximum Gasteiger partial charge on any atom is 0.335 e. The first-order chi connectivity index (χ1) is 13.9. The molecule has 0 saturated carbocycles. The summed E-state index contributed by atoms with van der Waals surface area (Å²) in [6.07, 6.45) is 1.71. The zero-order chi connectivity index (χ0) is 20.5. The van der Waals surface area contributed by atoms with Gasteiger partial charge in [-0.05, 0) is 54.7 Å². The molecule has 2 aromatic rings. The van der Waals surface area contributed by atoms with E-state index in [4.69, 9.17) is 9.84 Å². The van der Waals surface area contributed by atoms with Gasteiger partial charge in [-0.2, -0.15) is 0 Å². The van der Waals surface area contributed by atoms with Crippen LogP contribution in [0, 0.1) is 5.92 Å². The summed E-state index contributed by atoms with van der Waals surface area (Å²) >= 11 is 0. The summed E-state index contributed by atoms with van der Waals surface area (Å²) in [5.41, 5.74) is 2.50. The van der Waals surface area contributed by atoms with Gasteiger partial charge in [-0.15, -0.1) is 0 Å². The van der Waals surface area contributed by atoms with Crippen LogP contribution in [0.25, 0.3) is 0 Å². The SMILES string of the molecule is CN1C(=O)COc2ccc(C(=O)N3CCC(Cc4ccc(C(=O)O)cc4)C3)cc21. The molecule has 2 aliphatic rings. The predicted molar refractivity (Wildman–Crippen MR) is 106 cm³/mol. The van der Waals surface area contributed by atoms with E-state index >= 15 is 0 Å². The van der Waals surface area contributed by atoms with Crippen LogP contribution in [0.1, 0.15) is 32.7 Å². The van der Waals surface area contributed by atoms with E-state index in [1.807, 2.05) is 17.0 Å². The molecule has 0 aliphatic carbocycles. The van der Waals surface area contributed by atoms with Crippen molar-refractivity contribution in [2.45, 2.75) is 12.8 Å². The summed E-state index contributed by atoms with van der Waals surface area (Å²) in [5, 5.41) is 9.00. The molecule has 2 aliphatic heterocycles. The number of fused-ring (bicyclic) bond motifs is 1. The molecule has 1 fully saturated rings. The molecule has 1 atom stereocenters. The number of carboxylic acid groups (broad SMARTS) is 1. The van der Waals surface area contributed by atoms with E-state index in [0.29, 0.717) is 36.0 Å². The van der Waals surface area contributed by atoms with Crippen LogP contribution in [0.5, 0.6) is 5.75 Å². The van der Waals surface area contributed by atoms with Gasteiger partial charge in [0.15, 0.2) is 6.61 Å². The zero-order valence-corrected chi connectivity index (χ0v) is 16.1. The molecule has 7 nitrogen and oxygen atoms in total. The fourth-order valence-electron chi connectivity index (χ4n) is 3.89. The fraction of sp³-hybridized carbons (Fsp3) is 0.318. The number of carbonyl (C=O) groups excluding carboxylic acids is 2. The van der Waals surface area contributed by atoms with Gasteiger partial charge in [-0.25, -0.2) is 4.79 Å². The minimum absolute atomic E-state index is 0.0119. The van der Waals surface area contributed by atoms with Crippen molar-refractivity contribution in [3.63, 3.8) is 0 Å². The van der Waals surface area contributed by atoms with E-state index in [1.54, 1.807) is 37.4 Å². The number of hydrogen-bond donors (Lipinski definition) is 1. The van der Waals surface area contributed by atoms with Gasteiger partial charge in [0, 0.05) is 25.7 Å². The quantitative estimate of drug-likeness (QED) is 0.861. The maximum atomic E-state index is 13.0. The molecule has 0 spiro atoms. The molecule has 1 unspecified atom stereocenters. The topological polar surface area (TPSA) is 87.2 Å². The molecule has 0 radical (unpaired) electrons. The third-order valence-corrected chi connectivity index (χ3v) is 5.59. The second-order valence-electron chi connectivity index (χ2n) is 7.54. The van der Waals surface area contributed by atoms with Crippen LogP contribution in [0.4, 0.5) is 5.69 Å². The van der Waals surface area contributed by atoms with Crippen molar-refractivity contribution < 1.29 is 24.2 Å². The van der Waals surface area contributed by atoms with Crippen LogP contribution in [-0.4, -0.2) is 54.5 Å². The number of hydrogen-bond acceptors (Lipinski definition) is 4. The number of amides is 2. The van der Waals surface area contributed by atoms with Gasteiger partial charge in [0.1, 0.15) is 5.75 Å². The second-order valence-corrected chi connectivity index (χ2v) is 7.54. The molecule has 1 N–H and O–H groups in total. The van der Waals surface area contributed by atoms with Crippen molar-refractivity contribution in [1.82, 2.24) is 4.90 Å². The van der Waals surface area contributed by atoms with Gasteiger partial charge in [0.2, 0.25) is 0 Å². The molecule has 2 aromatic carbocycles. The van der Waals surface area contributed by atoms with E-state index in [-0.39, 0.29) is 24.0 Å². The van der Waals surface area contributed by atoms with E-state index in [1.165, 1.54) is 4.90 Å². The molecular weight excluding hydrogens is 372 g/mol. The molecule has 150 valence electrons. The number of benzene rings is 2. The average molecular weight is 394 g/mol. The lowest BCUT2D eigenvalue weighted by Crippen LogP contribution is -2.36. The van der Waals surface area contributed by atoms with Crippen LogP contribution < -0.4 is 9.64 Å². The number of likely N-dealkylation sites (N-methyl/N-ethyl adjacent to an activating group) is 1. The van der Waals surface area contributed by atoms with Crippen LogP contribution in [-0.2, 0) is 11.2 Å². The van der Waals surface area contributed by atoms with Crippen LogP contribution in [0.15, 0.2) is 42.5 Å². The van der Waals surface area contributed by atoms with Gasteiger partial charge >= 0.3 is 5.97 Å². The Morgan fingerprint density at radius 2 is 1.86 bits per heavy atom. The minimum Gasteiger partial charge on any atom is -0.482 e. The fourth-order valence-corrected chi connectivity index (χ4v) is 3.89. The number of carbonyl (C=O) groups is 3. The summed E-state index contributed by atoms with van der Waals surface area (Å²) in [4.78, 5) is 39.1. The Hall–Kier alpha value is -3.35. The minimum atomic E-state index is -0.933. The standard InChI is InChI=1S/C22H22N2O5/c1-23-18-11-17(6-7-19(18)29-13-20(23)25)21(26)24-9-8-15(12-24)10-14-2-4-16(5-3-14)22(27)28/h2-7,11,15H,8-10,12-13H2,1H3,(H,27,28). The first kappa shape index (κ1) is 19.0. The lowest BCUT2D eigenvalue weighted by molar-refractivity contribution is -0.121. The first-order valence-electron chi connectivity index (χ1n) is 9.57. The van der Waals surface area contributed by atoms with Crippen LogP contribution >= 0.6 is 0 Å². The molecule has 2 heterocycles. The van der Waals surface area contributed by atoms with Gasteiger partial charge in [-0.3, -0.25) is 9.59 Å². The lowest BCUT2D eigenvalue weighted by atomic mass is 9.98. The molecular formula is C22H22N2O5. The van der Waals surface area contributed by atoms with E-state index < -0.39 is 5.97 Å². The molecule has 1 saturated heterocycles. The van der Waals surface area contributed by atoms with E-state index in [2.05, 4.69) is 0 Å². The van der Waals surface area contributed by atoms with Crippen molar-refractivity contribution in [2.75, 3.05) is 31.6 Å². The molecule has 0 aromatic heterocycles. The average Bonchev–Trinajstić information content (AvgIpc) is 3.19. The number of anilines is 1. The van der Waals surface area contributed by atoms with Gasteiger partial charge in [-0.1, -0.05) is 12.1 Å². The number of ether oxygens (including phenoxy) is 1. The highest BCUT2D eigenvalue weighted by atomic mass is 16.5. The smallest absolute Gasteiger partial charge is 0.335 e.